The average Bonchev–Trinajstić information content (AvgIpc) is 3.25. The summed E-state index contributed by atoms with van der Waals surface area (Å²) in [7, 11) is 0. The van der Waals surface area contributed by atoms with Crippen molar-refractivity contribution in [3.8, 4) is 0 Å². The summed E-state index contributed by atoms with van der Waals surface area (Å²) in [4.78, 5) is 26.8. The van der Waals surface area contributed by atoms with Gasteiger partial charge in [-0.2, -0.15) is 0 Å². The molecule has 6 heteroatoms. The molecule has 126 valence electrons. The SMILES string of the molecule is CCC(=O)N1C(C(=O)Nc2ccc(C)cc2)CSC1c1ccoc1. The molecule has 1 aliphatic rings. The van der Waals surface area contributed by atoms with Crippen molar-refractivity contribution >= 4 is 29.3 Å². The summed E-state index contributed by atoms with van der Waals surface area (Å²) >= 11 is 1.59. The van der Waals surface area contributed by atoms with Crippen molar-refractivity contribution in [1.29, 1.82) is 0 Å². The minimum atomic E-state index is -0.483. The topological polar surface area (TPSA) is 62.6 Å². The largest absolute Gasteiger partial charge is 0.472 e. The first-order valence-corrected chi connectivity index (χ1v) is 8.97. The summed E-state index contributed by atoms with van der Waals surface area (Å²) in [6, 6.07) is 8.99. The van der Waals surface area contributed by atoms with Gasteiger partial charge in [-0.15, -0.1) is 11.8 Å². The van der Waals surface area contributed by atoms with Crippen LogP contribution in [0.3, 0.4) is 0 Å². The van der Waals surface area contributed by atoms with E-state index < -0.39 is 6.04 Å². The Hall–Kier alpha value is -2.21. The number of hydrogen-bond donors (Lipinski definition) is 1. The molecule has 0 bridgehead atoms. The molecule has 0 radical (unpaired) electrons. The van der Waals surface area contributed by atoms with E-state index in [1.807, 2.05) is 44.2 Å². The molecular formula is C18H20N2O3S. The Labute approximate surface area is 145 Å². The third kappa shape index (κ3) is 3.33. The molecule has 2 amide bonds. The van der Waals surface area contributed by atoms with E-state index in [0.717, 1.165) is 16.8 Å². The van der Waals surface area contributed by atoms with Gasteiger partial charge in [0.2, 0.25) is 11.8 Å². The van der Waals surface area contributed by atoms with E-state index in [0.29, 0.717) is 12.2 Å². The number of anilines is 1. The van der Waals surface area contributed by atoms with Crippen molar-refractivity contribution in [2.24, 2.45) is 0 Å². The molecule has 1 aromatic heterocycles. The lowest BCUT2D eigenvalue weighted by atomic mass is 10.2. The number of hydrogen-bond acceptors (Lipinski definition) is 4. The summed E-state index contributed by atoms with van der Waals surface area (Å²) in [6.07, 6.45) is 3.58. The first-order chi connectivity index (χ1) is 11.6. The zero-order chi connectivity index (χ0) is 17.1. The van der Waals surface area contributed by atoms with Crippen LogP contribution in [-0.4, -0.2) is 28.5 Å². The van der Waals surface area contributed by atoms with Crippen molar-refractivity contribution in [2.75, 3.05) is 11.1 Å². The number of rotatable bonds is 4. The number of carbonyl (C=O) groups is 2. The molecule has 24 heavy (non-hydrogen) atoms. The van der Waals surface area contributed by atoms with Crippen LogP contribution < -0.4 is 5.32 Å². The molecule has 0 spiro atoms. The number of thioether (sulfide) groups is 1. The smallest absolute Gasteiger partial charge is 0.248 e. The van der Waals surface area contributed by atoms with Gasteiger partial charge in [-0.05, 0) is 25.1 Å². The Kier molecular flexibility index (Phi) is 4.94. The fraction of sp³-hybridized carbons (Fsp3) is 0.333. The quantitative estimate of drug-likeness (QED) is 0.921. The van der Waals surface area contributed by atoms with E-state index in [4.69, 9.17) is 4.42 Å². The van der Waals surface area contributed by atoms with Crippen molar-refractivity contribution in [2.45, 2.75) is 31.7 Å². The zero-order valence-corrected chi connectivity index (χ0v) is 14.5. The van der Waals surface area contributed by atoms with Gasteiger partial charge in [0, 0.05) is 23.4 Å². The van der Waals surface area contributed by atoms with Crippen LogP contribution in [0.5, 0.6) is 0 Å². The van der Waals surface area contributed by atoms with Gasteiger partial charge in [0.15, 0.2) is 0 Å². The maximum Gasteiger partial charge on any atom is 0.248 e. The molecule has 2 atom stereocenters. The molecule has 0 saturated carbocycles. The third-order valence-corrected chi connectivity index (χ3v) is 5.36. The minimum Gasteiger partial charge on any atom is -0.472 e. The molecule has 0 aliphatic carbocycles. The fourth-order valence-electron chi connectivity index (χ4n) is 2.73. The molecule has 3 rings (SSSR count). The van der Waals surface area contributed by atoms with Crippen LogP contribution in [0.15, 0.2) is 47.3 Å². The van der Waals surface area contributed by atoms with Crippen LogP contribution in [0.2, 0.25) is 0 Å². The van der Waals surface area contributed by atoms with E-state index in [1.54, 1.807) is 29.2 Å². The second kappa shape index (κ2) is 7.13. The van der Waals surface area contributed by atoms with Gasteiger partial charge < -0.3 is 14.6 Å². The Bertz CT molecular complexity index is 712. The van der Waals surface area contributed by atoms with E-state index in [2.05, 4.69) is 5.32 Å². The maximum atomic E-state index is 12.7. The third-order valence-electron chi connectivity index (χ3n) is 4.04. The zero-order valence-electron chi connectivity index (χ0n) is 13.7. The number of furan rings is 1. The van der Waals surface area contributed by atoms with Gasteiger partial charge in [-0.25, -0.2) is 0 Å². The van der Waals surface area contributed by atoms with Crippen molar-refractivity contribution in [3.05, 3.63) is 54.0 Å². The van der Waals surface area contributed by atoms with Gasteiger partial charge >= 0.3 is 0 Å². The van der Waals surface area contributed by atoms with E-state index in [-0.39, 0.29) is 17.2 Å². The number of amides is 2. The van der Waals surface area contributed by atoms with Gasteiger partial charge in [0.25, 0.3) is 0 Å². The van der Waals surface area contributed by atoms with Gasteiger partial charge in [-0.3, -0.25) is 9.59 Å². The number of aryl methyl sites for hydroxylation is 1. The summed E-state index contributed by atoms with van der Waals surface area (Å²) in [5.74, 6) is 0.383. The highest BCUT2D eigenvalue weighted by atomic mass is 32.2. The first-order valence-electron chi connectivity index (χ1n) is 7.92. The monoisotopic (exact) mass is 344 g/mol. The molecule has 1 fully saturated rings. The molecule has 2 heterocycles. The van der Waals surface area contributed by atoms with Gasteiger partial charge in [0.1, 0.15) is 11.4 Å². The van der Waals surface area contributed by atoms with Crippen LogP contribution >= 0.6 is 11.8 Å². The molecule has 1 saturated heterocycles. The number of nitrogens with zero attached hydrogens (tertiary/aromatic N) is 1. The van der Waals surface area contributed by atoms with Crippen molar-refractivity contribution in [1.82, 2.24) is 4.90 Å². The van der Waals surface area contributed by atoms with Crippen molar-refractivity contribution in [3.63, 3.8) is 0 Å². The lowest BCUT2D eigenvalue weighted by molar-refractivity contribution is -0.137. The summed E-state index contributed by atoms with van der Waals surface area (Å²) in [5.41, 5.74) is 2.78. The summed E-state index contributed by atoms with van der Waals surface area (Å²) < 4.78 is 5.14. The van der Waals surface area contributed by atoms with Crippen molar-refractivity contribution < 1.29 is 14.0 Å². The normalized spacial score (nSPS) is 20.2. The minimum absolute atomic E-state index is 0.0322. The highest BCUT2D eigenvalue weighted by Gasteiger charge is 2.42. The average molecular weight is 344 g/mol. The Morgan fingerprint density at radius 2 is 2.04 bits per heavy atom. The van der Waals surface area contributed by atoms with Crippen LogP contribution in [0.25, 0.3) is 0 Å². The van der Waals surface area contributed by atoms with Crippen LogP contribution in [-0.2, 0) is 9.59 Å². The second-order valence-corrected chi connectivity index (χ2v) is 6.88. The van der Waals surface area contributed by atoms with Crippen LogP contribution in [0.1, 0.15) is 29.8 Å². The molecule has 1 N–H and O–H groups in total. The highest BCUT2D eigenvalue weighted by Crippen LogP contribution is 2.42. The van der Waals surface area contributed by atoms with Crippen LogP contribution in [0.4, 0.5) is 5.69 Å². The molecule has 1 aromatic carbocycles. The Morgan fingerprint density at radius 1 is 1.29 bits per heavy atom. The van der Waals surface area contributed by atoms with E-state index in [9.17, 15) is 9.59 Å². The lowest BCUT2D eigenvalue weighted by Crippen LogP contribution is -2.45. The van der Waals surface area contributed by atoms with E-state index >= 15 is 0 Å². The molecule has 5 nitrogen and oxygen atoms in total. The highest BCUT2D eigenvalue weighted by molar-refractivity contribution is 7.99. The predicted octanol–water partition coefficient (Wildman–Crippen LogP) is 3.58. The summed E-state index contributed by atoms with van der Waals surface area (Å²) in [6.45, 7) is 3.81. The second-order valence-electron chi connectivity index (χ2n) is 5.77. The molecule has 2 unspecified atom stereocenters. The maximum absolute atomic E-state index is 12.7. The Balaban J connectivity index is 1.79. The predicted molar refractivity (Wildman–Crippen MR) is 94.6 cm³/mol. The fourth-order valence-corrected chi connectivity index (χ4v) is 4.16. The first kappa shape index (κ1) is 16.6. The molecule has 1 aliphatic heterocycles. The van der Waals surface area contributed by atoms with E-state index in [1.165, 1.54) is 0 Å². The number of benzene rings is 1. The Morgan fingerprint density at radius 3 is 2.67 bits per heavy atom. The number of carbonyl (C=O) groups excluding carboxylic acids is 2. The van der Waals surface area contributed by atoms with Gasteiger partial charge in [0.05, 0.1) is 12.5 Å². The standard InChI is InChI=1S/C18H20N2O3S/c1-3-16(21)20-15(11-24-18(20)13-8-9-23-10-13)17(22)19-14-6-4-12(2)5-7-14/h4-10,15,18H,3,11H2,1-2H3,(H,19,22). The summed E-state index contributed by atoms with van der Waals surface area (Å²) in [5, 5.41) is 2.74. The van der Waals surface area contributed by atoms with Crippen LogP contribution in [0, 0.1) is 6.92 Å². The molecular weight excluding hydrogens is 324 g/mol. The molecule has 2 aromatic rings. The number of nitrogens with one attached hydrogen (secondary N) is 1. The lowest BCUT2D eigenvalue weighted by Gasteiger charge is -2.28. The van der Waals surface area contributed by atoms with Gasteiger partial charge in [-0.1, -0.05) is 24.6 Å².